The van der Waals surface area contributed by atoms with Crippen LogP contribution in [-0.4, -0.2) is 62.6 Å². The second-order valence-corrected chi connectivity index (χ2v) is 5.28. The Labute approximate surface area is 137 Å². The molecule has 0 aliphatic carbocycles. The standard InChI is InChI=1S/C15H16N2O7/c1-22-11-6-9(16-4-5-23-8-13(16)18)2-3-10(11)17-7-12(14(19)20)24-15(17)21/h2-3,6,12H,4-5,7-8H2,1H3,(H,19,20). The lowest BCUT2D eigenvalue weighted by Crippen LogP contribution is -2.41. The normalized spacial score (nSPS) is 21.0. The van der Waals surface area contributed by atoms with Crippen molar-refractivity contribution in [3.63, 3.8) is 0 Å². The minimum Gasteiger partial charge on any atom is -0.494 e. The van der Waals surface area contributed by atoms with Gasteiger partial charge in [0.05, 0.1) is 25.9 Å². The van der Waals surface area contributed by atoms with Gasteiger partial charge in [-0.15, -0.1) is 0 Å². The van der Waals surface area contributed by atoms with Gasteiger partial charge in [0.2, 0.25) is 6.10 Å². The zero-order chi connectivity index (χ0) is 17.3. The Balaban J connectivity index is 1.88. The fourth-order valence-electron chi connectivity index (χ4n) is 2.64. The van der Waals surface area contributed by atoms with Crippen molar-refractivity contribution in [3.8, 4) is 5.75 Å². The zero-order valence-electron chi connectivity index (χ0n) is 12.9. The molecule has 2 amide bonds. The molecule has 2 aliphatic heterocycles. The Morgan fingerprint density at radius 1 is 1.33 bits per heavy atom. The quantitative estimate of drug-likeness (QED) is 0.852. The molecule has 0 aromatic heterocycles. The highest BCUT2D eigenvalue weighted by molar-refractivity contribution is 5.98. The van der Waals surface area contributed by atoms with Gasteiger partial charge in [-0.25, -0.2) is 9.59 Å². The number of rotatable bonds is 4. The molecule has 0 spiro atoms. The van der Waals surface area contributed by atoms with Crippen molar-refractivity contribution in [1.82, 2.24) is 0 Å². The van der Waals surface area contributed by atoms with Crippen LogP contribution in [0.3, 0.4) is 0 Å². The molecule has 0 saturated carbocycles. The minimum absolute atomic E-state index is 0.0167. The summed E-state index contributed by atoms with van der Waals surface area (Å²) in [7, 11) is 1.43. The summed E-state index contributed by atoms with van der Waals surface area (Å²) in [5.41, 5.74) is 1.00. The number of ether oxygens (including phenoxy) is 3. The first-order valence-electron chi connectivity index (χ1n) is 7.28. The first kappa shape index (κ1) is 16.1. The highest BCUT2D eigenvalue weighted by Crippen LogP contribution is 2.35. The van der Waals surface area contributed by atoms with E-state index in [2.05, 4.69) is 0 Å². The summed E-state index contributed by atoms with van der Waals surface area (Å²) in [6.45, 7) is 0.770. The Morgan fingerprint density at radius 2 is 2.12 bits per heavy atom. The van der Waals surface area contributed by atoms with Crippen LogP contribution in [0.15, 0.2) is 18.2 Å². The lowest BCUT2D eigenvalue weighted by atomic mass is 10.2. The van der Waals surface area contributed by atoms with Crippen molar-refractivity contribution < 1.29 is 33.7 Å². The van der Waals surface area contributed by atoms with Gasteiger partial charge in [0.15, 0.2) is 0 Å². The number of amides is 2. The highest BCUT2D eigenvalue weighted by atomic mass is 16.6. The van der Waals surface area contributed by atoms with Gasteiger partial charge in [0.25, 0.3) is 5.91 Å². The van der Waals surface area contributed by atoms with Crippen LogP contribution in [0.25, 0.3) is 0 Å². The summed E-state index contributed by atoms with van der Waals surface area (Å²) >= 11 is 0. The molecule has 128 valence electrons. The van der Waals surface area contributed by atoms with Crippen LogP contribution in [0.2, 0.25) is 0 Å². The number of carbonyl (C=O) groups is 3. The van der Waals surface area contributed by atoms with E-state index in [0.717, 1.165) is 0 Å². The maximum Gasteiger partial charge on any atom is 0.415 e. The maximum atomic E-state index is 11.9. The second-order valence-electron chi connectivity index (χ2n) is 5.28. The zero-order valence-corrected chi connectivity index (χ0v) is 12.9. The Bertz CT molecular complexity index is 690. The first-order chi connectivity index (χ1) is 11.5. The van der Waals surface area contributed by atoms with Crippen molar-refractivity contribution in [2.75, 3.05) is 43.2 Å². The van der Waals surface area contributed by atoms with E-state index >= 15 is 0 Å². The number of nitrogens with zero attached hydrogens (tertiary/aromatic N) is 2. The van der Waals surface area contributed by atoms with Crippen LogP contribution >= 0.6 is 0 Å². The maximum absolute atomic E-state index is 11.9. The van der Waals surface area contributed by atoms with Crippen molar-refractivity contribution in [1.29, 1.82) is 0 Å². The first-order valence-corrected chi connectivity index (χ1v) is 7.28. The SMILES string of the molecule is COc1cc(N2CCOCC2=O)ccc1N1CC(C(=O)O)OC1=O. The van der Waals surface area contributed by atoms with Crippen LogP contribution in [0, 0.1) is 0 Å². The van der Waals surface area contributed by atoms with Gasteiger partial charge in [-0.2, -0.15) is 0 Å². The smallest absolute Gasteiger partial charge is 0.415 e. The summed E-state index contributed by atoms with van der Waals surface area (Å²) < 4.78 is 15.2. The molecule has 0 radical (unpaired) electrons. The topological polar surface area (TPSA) is 106 Å². The average Bonchev–Trinajstić information content (AvgIpc) is 2.97. The molecular weight excluding hydrogens is 320 g/mol. The van der Waals surface area contributed by atoms with Crippen molar-refractivity contribution >= 4 is 29.3 Å². The molecule has 0 bridgehead atoms. The van der Waals surface area contributed by atoms with Crippen LogP contribution in [0.5, 0.6) is 5.75 Å². The number of benzene rings is 1. The molecule has 2 fully saturated rings. The van der Waals surface area contributed by atoms with E-state index in [9.17, 15) is 14.4 Å². The molecular formula is C15H16N2O7. The van der Waals surface area contributed by atoms with Crippen LogP contribution in [0.1, 0.15) is 0 Å². The van der Waals surface area contributed by atoms with Crippen molar-refractivity contribution in [2.24, 2.45) is 0 Å². The van der Waals surface area contributed by atoms with E-state index in [1.807, 2.05) is 0 Å². The lowest BCUT2D eigenvalue weighted by molar-refractivity contribution is -0.144. The van der Waals surface area contributed by atoms with Gasteiger partial charge in [-0.3, -0.25) is 9.69 Å². The van der Waals surface area contributed by atoms with Gasteiger partial charge in [-0.1, -0.05) is 0 Å². The number of carboxylic acids is 1. The van der Waals surface area contributed by atoms with Crippen molar-refractivity contribution in [2.45, 2.75) is 6.10 Å². The number of cyclic esters (lactones) is 1. The van der Waals surface area contributed by atoms with E-state index in [1.54, 1.807) is 23.1 Å². The predicted molar refractivity (Wildman–Crippen MR) is 81.4 cm³/mol. The molecule has 2 saturated heterocycles. The van der Waals surface area contributed by atoms with E-state index in [0.29, 0.717) is 30.3 Å². The molecule has 9 nitrogen and oxygen atoms in total. The fraction of sp³-hybridized carbons (Fsp3) is 0.400. The van der Waals surface area contributed by atoms with E-state index in [1.165, 1.54) is 12.0 Å². The number of carbonyl (C=O) groups excluding carboxylic acids is 2. The number of aliphatic carboxylic acids is 1. The summed E-state index contributed by atoms with van der Waals surface area (Å²) in [6, 6.07) is 4.89. The molecule has 1 atom stereocenters. The van der Waals surface area contributed by atoms with Crippen LogP contribution < -0.4 is 14.5 Å². The van der Waals surface area contributed by atoms with Gasteiger partial charge in [-0.05, 0) is 12.1 Å². The molecule has 9 heteroatoms. The third-order valence-electron chi connectivity index (χ3n) is 3.84. The fourth-order valence-corrected chi connectivity index (χ4v) is 2.64. The molecule has 2 heterocycles. The lowest BCUT2D eigenvalue weighted by Gasteiger charge is -2.28. The van der Waals surface area contributed by atoms with Crippen molar-refractivity contribution in [3.05, 3.63) is 18.2 Å². The number of morpholine rings is 1. The predicted octanol–water partition coefficient (Wildman–Crippen LogP) is 0.468. The van der Waals surface area contributed by atoms with Crippen LogP contribution in [0.4, 0.5) is 16.2 Å². The molecule has 1 aromatic carbocycles. The molecule has 1 N–H and O–H groups in total. The molecule has 24 heavy (non-hydrogen) atoms. The largest absolute Gasteiger partial charge is 0.494 e. The van der Waals surface area contributed by atoms with Gasteiger partial charge in [0.1, 0.15) is 12.4 Å². The van der Waals surface area contributed by atoms with Gasteiger partial charge in [0, 0.05) is 18.3 Å². The molecule has 1 unspecified atom stereocenters. The second kappa shape index (κ2) is 6.36. The molecule has 3 rings (SSSR count). The Hall–Kier alpha value is -2.81. The number of carboxylic acid groups (broad SMARTS) is 1. The van der Waals surface area contributed by atoms with E-state index < -0.39 is 18.2 Å². The Kier molecular flexibility index (Phi) is 4.26. The van der Waals surface area contributed by atoms with E-state index in [-0.39, 0.29) is 19.1 Å². The highest BCUT2D eigenvalue weighted by Gasteiger charge is 2.38. The number of anilines is 2. The summed E-state index contributed by atoms with van der Waals surface area (Å²) in [5, 5.41) is 8.97. The third kappa shape index (κ3) is 2.85. The molecule has 1 aromatic rings. The average molecular weight is 336 g/mol. The summed E-state index contributed by atoms with van der Waals surface area (Å²) in [6.07, 6.45) is -1.97. The number of hydrogen-bond acceptors (Lipinski definition) is 6. The van der Waals surface area contributed by atoms with Crippen LogP contribution in [-0.2, 0) is 19.1 Å². The van der Waals surface area contributed by atoms with E-state index in [4.69, 9.17) is 19.3 Å². The Morgan fingerprint density at radius 3 is 2.75 bits per heavy atom. The third-order valence-corrected chi connectivity index (χ3v) is 3.84. The minimum atomic E-state index is -1.22. The number of hydrogen-bond donors (Lipinski definition) is 1. The number of methoxy groups -OCH3 is 1. The summed E-state index contributed by atoms with van der Waals surface area (Å²) in [4.78, 5) is 37.6. The van der Waals surface area contributed by atoms with Gasteiger partial charge >= 0.3 is 12.1 Å². The monoisotopic (exact) mass is 336 g/mol. The van der Waals surface area contributed by atoms with Gasteiger partial charge < -0.3 is 24.2 Å². The molecule has 2 aliphatic rings. The summed E-state index contributed by atoms with van der Waals surface area (Å²) in [5.74, 6) is -1.03.